The molecule has 1 N–H and O–H groups in total. The lowest BCUT2D eigenvalue weighted by Gasteiger charge is -2.28. The topological polar surface area (TPSA) is 32.3 Å². The van der Waals surface area contributed by atoms with Crippen LogP contribution < -0.4 is 5.32 Å². The Bertz CT molecular complexity index is 442. The minimum atomic E-state index is 0.189. The van der Waals surface area contributed by atoms with Crippen LogP contribution in [0, 0.1) is 5.92 Å². The molecule has 0 bridgehead atoms. The van der Waals surface area contributed by atoms with Gasteiger partial charge in [-0.25, -0.2) is 0 Å². The predicted molar refractivity (Wildman–Crippen MR) is 78.4 cm³/mol. The zero-order chi connectivity index (χ0) is 13.8. The van der Waals surface area contributed by atoms with E-state index in [4.69, 9.17) is 0 Å². The molecule has 0 fully saturated rings. The first-order valence-corrected chi connectivity index (χ1v) is 7.18. The van der Waals surface area contributed by atoms with E-state index in [0.717, 1.165) is 31.5 Å². The average molecular weight is 260 g/mol. The highest BCUT2D eigenvalue weighted by Gasteiger charge is 2.24. The molecule has 0 spiro atoms. The quantitative estimate of drug-likeness (QED) is 0.901. The Kier molecular flexibility index (Phi) is 4.59. The van der Waals surface area contributed by atoms with Gasteiger partial charge in [0.05, 0.1) is 0 Å². The second-order valence-corrected chi connectivity index (χ2v) is 5.65. The van der Waals surface area contributed by atoms with E-state index in [-0.39, 0.29) is 5.91 Å². The number of nitrogens with one attached hydrogen (secondary N) is 1. The van der Waals surface area contributed by atoms with Crippen molar-refractivity contribution in [3.8, 4) is 0 Å². The molecule has 19 heavy (non-hydrogen) atoms. The van der Waals surface area contributed by atoms with Gasteiger partial charge in [0.2, 0.25) is 0 Å². The number of benzene rings is 1. The van der Waals surface area contributed by atoms with Crippen LogP contribution in [0.25, 0.3) is 0 Å². The van der Waals surface area contributed by atoms with Crippen molar-refractivity contribution in [2.24, 2.45) is 5.92 Å². The van der Waals surface area contributed by atoms with E-state index in [9.17, 15) is 4.79 Å². The summed E-state index contributed by atoms with van der Waals surface area (Å²) >= 11 is 0. The molecule has 2 rings (SSSR count). The van der Waals surface area contributed by atoms with Crippen molar-refractivity contribution in [1.82, 2.24) is 10.2 Å². The fourth-order valence-electron chi connectivity index (χ4n) is 2.73. The third kappa shape index (κ3) is 3.16. The molecule has 104 valence electrons. The van der Waals surface area contributed by atoms with Crippen molar-refractivity contribution in [3.63, 3.8) is 0 Å². The zero-order valence-corrected chi connectivity index (χ0v) is 12.1. The van der Waals surface area contributed by atoms with Crippen LogP contribution in [0.1, 0.15) is 36.2 Å². The molecule has 1 aromatic carbocycles. The second kappa shape index (κ2) is 6.20. The number of hydrogen-bond donors (Lipinski definition) is 1. The first kappa shape index (κ1) is 14.1. The Morgan fingerprint density at radius 3 is 2.74 bits per heavy atom. The predicted octanol–water partition coefficient (Wildman–Crippen LogP) is 2.32. The Morgan fingerprint density at radius 1 is 1.32 bits per heavy atom. The standard InChI is InChI=1S/C16H24N2O/c1-12(2)15(17-3)11-18-10-6-8-13-7-4-5-9-14(13)16(18)19/h4-5,7,9,12,15,17H,6,8,10-11H2,1-3H3. The van der Waals surface area contributed by atoms with Gasteiger partial charge in [-0.05, 0) is 37.4 Å². The van der Waals surface area contributed by atoms with Crippen molar-refractivity contribution in [3.05, 3.63) is 35.4 Å². The third-order valence-electron chi connectivity index (χ3n) is 4.00. The highest BCUT2D eigenvalue weighted by Crippen LogP contribution is 2.19. The van der Waals surface area contributed by atoms with Gasteiger partial charge in [-0.1, -0.05) is 32.0 Å². The molecule has 0 aliphatic carbocycles. The maximum atomic E-state index is 12.6. The molecule has 1 aromatic rings. The summed E-state index contributed by atoms with van der Waals surface area (Å²) in [5, 5.41) is 3.32. The van der Waals surface area contributed by atoms with E-state index in [1.54, 1.807) is 0 Å². The Morgan fingerprint density at radius 2 is 2.05 bits per heavy atom. The van der Waals surface area contributed by atoms with Gasteiger partial charge in [0.15, 0.2) is 0 Å². The van der Waals surface area contributed by atoms with E-state index in [2.05, 4.69) is 25.2 Å². The molecule has 3 nitrogen and oxygen atoms in total. The van der Waals surface area contributed by atoms with E-state index in [0.29, 0.717) is 12.0 Å². The van der Waals surface area contributed by atoms with E-state index in [1.165, 1.54) is 5.56 Å². The van der Waals surface area contributed by atoms with Crippen molar-refractivity contribution < 1.29 is 4.79 Å². The van der Waals surface area contributed by atoms with Crippen LogP contribution in [-0.4, -0.2) is 37.0 Å². The van der Waals surface area contributed by atoms with Crippen LogP contribution in [0.3, 0.4) is 0 Å². The zero-order valence-electron chi connectivity index (χ0n) is 12.1. The molecule has 1 atom stereocenters. The van der Waals surface area contributed by atoms with Crippen LogP contribution in [-0.2, 0) is 6.42 Å². The van der Waals surface area contributed by atoms with Crippen molar-refractivity contribution in [2.75, 3.05) is 20.1 Å². The Balaban J connectivity index is 2.17. The maximum Gasteiger partial charge on any atom is 0.254 e. The number of carbonyl (C=O) groups is 1. The molecule has 1 heterocycles. The van der Waals surface area contributed by atoms with Gasteiger partial charge in [0, 0.05) is 24.7 Å². The molecular weight excluding hydrogens is 236 g/mol. The van der Waals surface area contributed by atoms with E-state index < -0.39 is 0 Å². The second-order valence-electron chi connectivity index (χ2n) is 5.65. The number of carbonyl (C=O) groups excluding carboxylic acids is 1. The van der Waals surface area contributed by atoms with Gasteiger partial charge in [-0.2, -0.15) is 0 Å². The van der Waals surface area contributed by atoms with Crippen LogP contribution in [0.5, 0.6) is 0 Å². The molecule has 1 unspecified atom stereocenters. The summed E-state index contributed by atoms with van der Waals surface area (Å²) < 4.78 is 0. The molecule has 1 aliphatic heterocycles. The first-order valence-electron chi connectivity index (χ1n) is 7.18. The molecule has 0 saturated heterocycles. The Hall–Kier alpha value is -1.35. The number of amides is 1. The molecule has 3 heteroatoms. The lowest BCUT2D eigenvalue weighted by Crippen LogP contribution is -2.45. The van der Waals surface area contributed by atoms with Crippen LogP contribution in [0.2, 0.25) is 0 Å². The largest absolute Gasteiger partial charge is 0.337 e. The summed E-state index contributed by atoms with van der Waals surface area (Å²) in [5.41, 5.74) is 2.08. The van der Waals surface area contributed by atoms with Gasteiger partial charge < -0.3 is 10.2 Å². The van der Waals surface area contributed by atoms with Crippen LogP contribution in [0.15, 0.2) is 24.3 Å². The first-order chi connectivity index (χ1) is 9.13. The SMILES string of the molecule is CNC(CN1CCCc2ccccc2C1=O)C(C)C. The summed E-state index contributed by atoms with van der Waals surface area (Å²) in [6.45, 7) is 6.04. The smallest absolute Gasteiger partial charge is 0.254 e. The summed E-state index contributed by atoms with van der Waals surface area (Å²) in [5.74, 6) is 0.713. The Labute approximate surface area is 116 Å². The van der Waals surface area contributed by atoms with Gasteiger partial charge >= 0.3 is 0 Å². The van der Waals surface area contributed by atoms with Crippen molar-refractivity contribution in [1.29, 1.82) is 0 Å². The van der Waals surface area contributed by atoms with Crippen molar-refractivity contribution in [2.45, 2.75) is 32.7 Å². The molecule has 0 aromatic heterocycles. The van der Waals surface area contributed by atoms with Gasteiger partial charge in [0.25, 0.3) is 5.91 Å². The van der Waals surface area contributed by atoms with E-state index in [1.807, 2.05) is 30.1 Å². The van der Waals surface area contributed by atoms with Crippen LogP contribution in [0.4, 0.5) is 0 Å². The lowest BCUT2D eigenvalue weighted by atomic mass is 10.0. The van der Waals surface area contributed by atoms with Gasteiger partial charge in [0.1, 0.15) is 0 Å². The monoisotopic (exact) mass is 260 g/mol. The molecule has 1 amide bonds. The minimum absolute atomic E-state index is 0.189. The van der Waals surface area contributed by atoms with E-state index >= 15 is 0 Å². The fourth-order valence-corrected chi connectivity index (χ4v) is 2.73. The van der Waals surface area contributed by atoms with Crippen LogP contribution >= 0.6 is 0 Å². The van der Waals surface area contributed by atoms with Gasteiger partial charge in [-0.15, -0.1) is 0 Å². The number of fused-ring (bicyclic) bond motifs is 1. The highest BCUT2D eigenvalue weighted by atomic mass is 16.2. The molecule has 0 saturated carbocycles. The summed E-state index contributed by atoms with van der Waals surface area (Å²) in [4.78, 5) is 14.6. The number of likely N-dealkylation sites (N-methyl/N-ethyl adjacent to an activating group) is 1. The molecule has 1 aliphatic rings. The number of hydrogen-bond acceptors (Lipinski definition) is 2. The number of rotatable bonds is 4. The third-order valence-corrected chi connectivity index (χ3v) is 4.00. The van der Waals surface area contributed by atoms with Gasteiger partial charge in [-0.3, -0.25) is 4.79 Å². The highest BCUT2D eigenvalue weighted by molar-refractivity contribution is 5.96. The maximum absolute atomic E-state index is 12.6. The lowest BCUT2D eigenvalue weighted by molar-refractivity contribution is 0.0735. The average Bonchev–Trinajstić information content (AvgIpc) is 2.56. The normalized spacial score (nSPS) is 17.3. The summed E-state index contributed by atoms with van der Waals surface area (Å²) in [6.07, 6.45) is 2.06. The number of aryl methyl sites for hydroxylation is 1. The summed E-state index contributed by atoms with van der Waals surface area (Å²) in [7, 11) is 1.97. The fraction of sp³-hybridized carbons (Fsp3) is 0.562. The minimum Gasteiger partial charge on any atom is -0.337 e. The molecule has 0 radical (unpaired) electrons. The van der Waals surface area contributed by atoms with Crippen molar-refractivity contribution >= 4 is 5.91 Å². The summed E-state index contributed by atoms with van der Waals surface area (Å²) in [6, 6.07) is 8.37. The molecular formula is C16H24N2O. The number of nitrogens with zero attached hydrogens (tertiary/aromatic N) is 1.